The van der Waals surface area contributed by atoms with E-state index in [4.69, 9.17) is 9.66 Å². The van der Waals surface area contributed by atoms with Crippen LogP contribution in [-0.4, -0.2) is 42.5 Å². The van der Waals surface area contributed by atoms with Gasteiger partial charge in [-0.2, -0.15) is 4.98 Å². The summed E-state index contributed by atoms with van der Waals surface area (Å²) in [6.07, 6.45) is 1.42. The second-order valence-electron chi connectivity index (χ2n) is 7.99. The van der Waals surface area contributed by atoms with Crippen molar-refractivity contribution in [2.75, 3.05) is 18.4 Å². The molecule has 0 aliphatic carbocycles. The zero-order valence-corrected chi connectivity index (χ0v) is 18.5. The molecule has 168 valence electrons. The molecule has 1 amide bonds. The molecule has 1 fully saturated rings. The minimum absolute atomic E-state index is 0.0100. The zero-order chi connectivity index (χ0) is 22.7. The van der Waals surface area contributed by atoms with Crippen LogP contribution in [0.2, 0.25) is 0 Å². The van der Waals surface area contributed by atoms with Gasteiger partial charge in [-0.3, -0.25) is 9.69 Å². The Hall–Kier alpha value is -3.08. The number of amides is 1. The molecule has 0 bridgehead atoms. The van der Waals surface area contributed by atoms with Crippen LogP contribution in [0.15, 0.2) is 57.9 Å². The largest absolute Gasteiger partial charge is 0.334 e. The van der Waals surface area contributed by atoms with Crippen molar-refractivity contribution in [2.45, 2.75) is 31.2 Å². The molecular formula is C22H25N5O4S. The number of piperidine rings is 1. The van der Waals surface area contributed by atoms with E-state index in [9.17, 15) is 13.2 Å². The van der Waals surface area contributed by atoms with Gasteiger partial charge in [-0.05, 0) is 69.3 Å². The van der Waals surface area contributed by atoms with Crippen LogP contribution in [-0.2, 0) is 21.4 Å². The van der Waals surface area contributed by atoms with E-state index in [1.165, 1.54) is 24.3 Å². The number of carbonyl (C=O) groups excluding carboxylic acids is 1. The molecule has 0 unspecified atom stereocenters. The Morgan fingerprint density at radius 3 is 2.56 bits per heavy atom. The molecule has 3 N–H and O–H groups in total. The Morgan fingerprint density at radius 1 is 1.19 bits per heavy atom. The fourth-order valence-electron chi connectivity index (χ4n) is 3.74. The third kappa shape index (κ3) is 5.39. The standard InChI is InChI=1S/C22H25N5O4S/c1-15-3-2-4-17(13-15)22-25-20(26-31-22)14-27-11-9-16(10-12-27)21(28)24-18-5-7-19(8-6-18)32(23,29)30/h2-8,13,16H,9-12,14H2,1H3,(H,24,28)(H2,23,29,30). The Kier molecular flexibility index (Phi) is 6.35. The highest BCUT2D eigenvalue weighted by Gasteiger charge is 2.26. The monoisotopic (exact) mass is 455 g/mol. The molecule has 1 aliphatic heterocycles. The van der Waals surface area contributed by atoms with Crippen molar-refractivity contribution in [1.29, 1.82) is 0 Å². The van der Waals surface area contributed by atoms with E-state index < -0.39 is 10.0 Å². The average molecular weight is 456 g/mol. The van der Waals surface area contributed by atoms with Crippen molar-refractivity contribution in [3.8, 4) is 11.5 Å². The van der Waals surface area contributed by atoms with Crippen molar-refractivity contribution in [3.63, 3.8) is 0 Å². The van der Waals surface area contributed by atoms with Gasteiger partial charge in [0.05, 0.1) is 11.4 Å². The maximum Gasteiger partial charge on any atom is 0.257 e. The first kappa shape index (κ1) is 22.1. The quantitative estimate of drug-likeness (QED) is 0.584. The number of carbonyl (C=O) groups is 1. The summed E-state index contributed by atoms with van der Waals surface area (Å²) >= 11 is 0. The average Bonchev–Trinajstić information content (AvgIpc) is 3.22. The third-order valence-corrected chi connectivity index (χ3v) is 6.44. The van der Waals surface area contributed by atoms with Gasteiger partial charge in [-0.15, -0.1) is 0 Å². The van der Waals surface area contributed by atoms with Crippen molar-refractivity contribution in [2.24, 2.45) is 11.1 Å². The van der Waals surface area contributed by atoms with E-state index in [-0.39, 0.29) is 16.7 Å². The molecule has 10 heteroatoms. The number of nitrogens with two attached hydrogens (primary N) is 1. The van der Waals surface area contributed by atoms with Gasteiger partial charge < -0.3 is 9.84 Å². The lowest BCUT2D eigenvalue weighted by molar-refractivity contribution is -0.121. The van der Waals surface area contributed by atoms with Crippen molar-refractivity contribution < 1.29 is 17.7 Å². The van der Waals surface area contributed by atoms with E-state index in [1.807, 2.05) is 31.2 Å². The number of rotatable bonds is 6. The second-order valence-corrected chi connectivity index (χ2v) is 9.56. The van der Waals surface area contributed by atoms with Crippen LogP contribution in [0.3, 0.4) is 0 Å². The number of anilines is 1. The molecule has 0 atom stereocenters. The lowest BCUT2D eigenvalue weighted by atomic mass is 9.96. The van der Waals surface area contributed by atoms with E-state index in [1.54, 1.807) is 0 Å². The van der Waals surface area contributed by atoms with Crippen LogP contribution in [0.5, 0.6) is 0 Å². The van der Waals surface area contributed by atoms with Crippen LogP contribution in [0.25, 0.3) is 11.5 Å². The summed E-state index contributed by atoms with van der Waals surface area (Å²) in [4.78, 5) is 19.3. The van der Waals surface area contributed by atoms with Crippen molar-refractivity contribution in [3.05, 3.63) is 59.9 Å². The maximum atomic E-state index is 12.6. The molecule has 2 heterocycles. The van der Waals surface area contributed by atoms with E-state index in [0.717, 1.165) is 24.2 Å². The van der Waals surface area contributed by atoms with E-state index in [0.29, 0.717) is 36.8 Å². The van der Waals surface area contributed by atoms with Gasteiger partial charge in [0.15, 0.2) is 5.82 Å². The summed E-state index contributed by atoms with van der Waals surface area (Å²) in [5, 5.41) is 12.0. The van der Waals surface area contributed by atoms with Crippen LogP contribution >= 0.6 is 0 Å². The molecule has 0 spiro atoms. The number of nitrogens with one attached hydrogen (secondary N) is 1. The number of primary sulfonamides is 1. The van der Waals surface area contributed by atoms with Gasteiger partial charge in [0.1, 0.15) is 0 Å². The molecule has 1 saturated heterocycles. The van der Waals surface area contributed by atoms with Gasteiger partial charge in [-0.25, -0.2) is 13.6 Å². The van der Waals surface area contributed by atoms with Gasteiger partial charge >= 0.3 is 0 Å². The first-order valence-electron chi connectivity index (χ1n) is 10.3. The van der Waals surface area contributed by atoms with Gasteiger partial charge in [0.2, 0.25) is 15.9 Å². The summed E-state index contributed by atoms with van der Waals surface area (Å²) in [6.45, 7) is 4.08. The van der Waals surface area contributed by atoms with Crippen LogP contribution in [0.1, 0.15) is 24.2 Å². The predicted molar refractivity (Wildman–Crippen MR) is 119 cm³/mol. The number of likely N-dealkylation sites (tertiary alicyclic amines) is 1. The molecule has 32 heavy (non-hydrogen) atoms. The number of hydrogen-bond donors (Lipinski definition) is 2. The van der Waals surface area contributed by atoms with Gasteiger partial charge in [0.25, 0.3) is 5.89 Å². The first-order chi connectivity index (χ1) is 15.3. The normalized spacial score (nSPS) is 15.6. The molecule has 9 nitrogen and oxygen atoms in total. The summed E-state index contributed by atoms with van der Waals surface area (Å²) in [5.41, 5.74) is 2.57. The van der Waals surface area contributed by atoms with Crippen molar-refractivity contribution in [1.82, 2.24) is 15.0 Å². The fourth-order valence-corrected chi connectivity index (χ4v) is 4.25. The summed E-state index contributed by atoms with van der Waals surface area (Å²) in [5.74, 6) is 0.942. The first-order valence-corrected chi connectivity index (χ1v) is 11.9. The number of hydrogen-bond acceptors (Lipinski definition) is 7. The molecule has 0 saturated carbocycles. The van der Waals surface area contributed by atoms with Crippen molar-refractivity contribution >= 4 is 21.6 Å². The van der Waals surface area contributed by atoms with Crippen LogP contribution in [0.4, 0.5) is 5.69 Å². The Labute approximate surface area is 186 Å². The Morgan fingerprint density at radius 2 is 1.91 bits per heavy atom. The van der Waals surface area contributed by atoms with E-state index in [2.05, 4.69) is 20.4 Å². The summed E-state index contributed by atoms with van der Waals surface area (Å²) in [7, 11) is -3.75. The number of aryl methyl sites for hydroxylation is 1. The van der Waals surface area contributed by atoms with E-state index >= 15 is 0 Å². The zero-order valence-electron chi connectivity index (χ0n) is 17.7. The van der Waals surface area contributed by atoms with Crippen LogP contribution in [0, 0.1) is 12.8 Å². The minimum Gasteiger partial charge on any atom is -0.334 e. The SMILES string of the molecule is Cc1cccc(-c2nc(CN3CCC(C(=O)Nc4ccc(S(N)(=O)=O)cc4)CC3)no2)c1. The molecule has 1 aromatic heterocycles. The minimum atomic E-state index is -3.75. The third-order valence-electron chi connectivity index (χ3n) is 5.51. The number of sulfonamides is 1. The van der Waals surface area contributed by atoms with Gasteiger partial charge in [-0.1, -0.05) is 22.9 Å². The predicted octanol–water partition coefficient (Wildman–Crippen LogP) is 2.54. The summed E-state index contributed by atoms with van der Waals surface area (Å²) in [6, 6.07) is 13.7. The smallest absolute Gasteiger partial charge is 0.257 e. The van der Waals surface area contributed by atoms with Crippen LogP contribution < -0.4 is 10.5 Å². The number of aromatic nitrogens is 2. The molecular weight excluding hydrogens is 430 g/mol. The lowest BCUT2D eigenvalue weighted by Gasteiger charge is -2.30. The molecule has 3 aromatic rings. The highest BCUT2D eigenvalue weighted by atomic mass is 32.2. The lowest BCUT2D eigenvalue weighted by Crippen LogP contribution is -2.38. The molecule has 1 aliphatic rings. The highest BCUT2D eigenvalue weighted by Crippen LogP contribution is 2.23. The molecule has 2 aromatic carbocycles. The fraction of sp³-hybridized carbons (Fsp3) is 0.318. The molecule has 4 rings (SSSR count). The number of benzene rings is 2. The second kappa shape index (κ2) is 9.19. The maximum absolute atomic E-state index is 12.6. The van der Waals surface area contributed by atoms with Gasteiger partial charge in [0, 0.05) is 17.2 Å². The Balaban J connectivity index is 1.28. The highest BCUT2D eigenvalue weighted by molar-refractivity contribution is 7.89. The Bertz CT molecular complexity index is 1200. The molecule has 0 radical (unpaired) electrons. The number of nitrogens with zero attached hydrogens (tertiary/aromatic N) is 3. The topological polar surface area (TPSA) is 131 Å². The summed E-state index contributed by atoms with van der Waals surface area (Å²) < 4.78 is 28.1.